The van der Waals surface area contributed by atoms with Crippen molar-refractivity contribution in [2.75, 3.05) is 22.1 Å². The second kappa shape index (κ2) is 9.49. The van der Waals surface area contributed by atoms with Crippen molar-refractivity contribution in [1.29, 1.82) is 0 Å². The van der Waals surface area contributed by atoms with E-state index in [0.29, 0.717) is 29.2 Å². The van der Waals surface area contributed by atoms with Gasteiger partial charge in [0.15, 0.2) is 5.82 Å². The number of phenols is 1. The number of aromatic hydroxyl groups is 1. The van der Waals surface area contributed by atoms with Gasteiger partial charge in [0, 0.05) is 29.3 Å². The molecule has 0 saturated carbocycles. The monoisotopic (exact) mass is 542 g/mol. The van der Waals surface area contributed by atoms with Crippen LogP contribution in [0.15, 0.2) is 60.9 Å². The molecule has 0 aliphatic carbocycles. The number of carbonyl (C=O) groups is 1. The molecule has 0 radical (unpaired) electrons. The van der Waals surface area contributed by atoms with E-state index in [-0.39, 0.29) is 22.8 Å². The van der Waals surface area contributed by atoms with Gasteiger partial charge in [0.2, 0.25) is 0 Å². The van der Waals surface area contributed by atoms with Crippen molar-refractivity contribution in [3.05, 3.63) is 72.3 Å². The van der Waals surface area contributed by atoms with Crippen LogP contribution in [0.5, 0.6) is 11.5 Å². The van der Waals surface area contributed by atoms with Gasteiger partial charge in [-0.05, 0) is 36.4 Å². The number of aromatic amines is 1. The molecule has 0 bridgehead atoms. The van der Waals surface area contributed by atoms with Gasteiger partial charge < -0.3 is 25.4 Å². The molecule has 202 valence electrons. The number of rotatable bonds is 5. The second-order valence-electron chi connectivity index (χ2n) is 9.45. The minimum Gasteiger partial charge on any atom is -0.506 e. The minimum atomic E-state index is -4.82. The summed E-state index contributed by atoms with van der Waals surface area (Å²) in [5.41, 5.74) is 1.57. The molecule has 0 spiro atoms. The fraction of sp³-hybridized carbons (Fsp3) is 0.192. The first-order chi connectivity index (χ1) is 18.4. The first-order valence-corrected chi connectivity index (χ1v) is 11.6. The summed E-state index contributed by atoms with van der Waals surface area (Å²) in [5.74, 6) is -1.14. The number of anilines is 4. The number of alkyl halides is 3. The summed E-state index contributed by atoms with van der Waals surface area (Å²) < 4.78 is 56.1. The molecule has 1 aliphatic rings. The highest BCUT2D eigenvalue weighted by atomic mass is 19.4. The van der Waals surface area contributed by atoms with Crippen LogP contribution < -0.4 is 20.3 Å². The van der Waals surface area contributed by atoms with Crippen LogP contribution in [0.1, 0.15) is 19.4 Å². The third-order valence-corrected chi connectivity index (χ3v) is 6.17. The summed E-state index contributed by atoms with van der Waals surface area (Å²) in [6.45, 7) is 4.14. The van der Waals surface area contributed by atoms with E-state index in [4.69, 9.17) is 0 Å². The fourth-order valence-electron chi connectivity index (χ4n) is 4.71. The Hall–Kier alpha value is -4.81. The Morgan fingerprint density at radius 3 is 2.51 bits per heavy atom. The van der Waals surface area contributed by atoms with Gasteiger partial charge in [-0.15, -0.1) is 13.2 Å². The molecule has 1 aliphatic heterocycles. The zero-order valence-electron chi connectivity index (χ0n) is 20.6. The average molecular weight is 542 g/mol. The number of hydrogen-bond donors (Lipinski definition) is 4. The van der Waals surface area contributed by atoms with Gasteiger partial charge >= 0.3 is 12.4 Å². The first kappa shape index (κ1) is 25.8. The minimum absolute atomic E-state index is 0.189. The molecule has 5 rings (SSSR count). The highest BCUT2D eigenvalue weighted by Crippen LogP contribution is 2.54. The SMILES string of the molecule is CC1(C)CN(c2ccccc2NC(=O)Nc2ccc(OC(F)(F)F)cc2)c2c(O)cc(F)c(-c3ncn[nH]3)c21. The summed E-state index contributed by atoms with van der Waals surface area (Å²) in [6.07, 6.45) is -3.56. The third-order valence-electron chi connectivity index (χ3n) is 6.17. The molecule has 0 fully saturated rings. The number of para-hydroxylation sites is 2. The van der Waals surface area contributed by atoms with Crippen molar-refractivity contribution in [2.24, 2.45) is 0 Å². The lowest BCUT2D eigenvalue weighted by Crippen LogP contribution is -2.27. The van der Waals surface area contributed by atoms with Crippen LogP contribution in [0.2, 0.25) is 0 Å². The average Bonchev–Trinajstić information content (AvgIpc) is 3.47. The second-order valence-corrected chi connectivity index (χ2v) is 9.45. The van der Waals surface area contributed by atoms with Crippen molar-refractivity contribution in [2.45, 2.75) is 25.6 Å². The van der Waals surface area contributed by atoms with E-state index in [1.54, 1.807) is 29.2 Å². The topological polar surface area (TPSA) is 115 Å². The van der Waals surface area contributed by atoms with E-state index in [0.717, 1.165) is 18.2 Å². The van der Waals surface area contributed by atoms with Gasteiger partial charge in [-0.3, -0.25) is 5.10 Å². The lowest BCUT2D eigenvalue weighted by Gasteiger charge is -2.25. The molecule has 13 heteroatoms. The Morgan fingerprint density at radius 1 is 1.13 bits per heavy atom. The number of halogens is 4. The Labute approximate surface area is 219 Å². The van der Waals surface area contributed by atoms with Crippen LogP contribution in [-0.2, 0) is 5.41 Å². The summed E-state index contributed by atoms with van der Waals surface area (Å²) in [5, 5.41) is 22.6. The van der Waals surface area contributed by atoms with Crippen molar-refractivity contribution < 1.29 is 32.2 Å². The normalized spacial score (nSPS) is 14.2. The lowest BCUT2D eigenvalue weighted by atomic mass is 9.83. The zero-order valence-corrected chi connectivity index (χ0v) is 20.6. The molecule has 1 aromatic heterocycles. The van der Waals surface area contributed by atoms with Gasteiger partial charge in [0.05, 0.1) is 22.6 Å². The number of phenolic OH excluding ortho intramolecular Hbond substituents is 1. The van der Waals surface area contributed by atoms with Crippen molar-refractivity contribution in [3.63, 3.8) is 0 Å². The Balaban J connectivity index is 1.44. The van der Waals surface area contributed by atoms with Crippen molar-refractivity contribution in [1.82, 2.24) is 15.2 Å². The van der Waals surface area contributed by atoms with E-state index in [2.05, 4.69) is 30.6 Å². The molecule has 2 heterocycles. The molecule has 3 aromatic carbocycles. The largest absolute Gasteiger partial charge is 0.573 e. The summed E-state index contributed by atoms with van der Waals surface area (Å²) in [4.78, 5) is 18.7. The number of benzene rings is 3. The standard InChI is InChI=1S/C26H22F4N6O3/c1-25(2)12-36(22-19(37)11-16(27)20(21(22)25)23-31-13-32-35-23)18-6-4-3-5-17(18)34-24(38)33-14-7-9-15(10-8-14)39-26(28,29)30/h3-11,13,37H,12H2,1-2H3,(H,31,32,35)(H2,33,34,38). The number of nitrogens with zero attached hydrogens (tertiary/aromatic N) is 3. The van der Waals surface area contributed by atoms with Gasteiger partial charge in [-0.1, -0.05) is 26.0 Å². The molecule has 0 atom stereocenters. The highest BCUT2D eigenvalue weighted by molar-refractivity contribution is 6.03. The molecular formula is C26H22F4N6O3. The van der Waals surface area contributed by atoms with E-state index >= 15 is 4.39 Å². The van der Waals surface area contributed by atoms with Crippen molar-refractivity contribution in [3.8, 4) is 22.9 Å². The maximum Gasteiger partial charge on any atom is 0.573 e. The highest BCUT2D eigenvalue weighted by Gasteiger charge is 2.42. The number of H-pyrrole nitrogens is 1. The van der Waals surface area contributed by atoms with Crippen LogP contribution in [0.3, 0.4) is 0 Å². The number of ether oxygens (including phenoxy) is 1. The summed E-state index contributed by atoms with van der Waals surface area (Å²) in [6, 6.07) is 11.9. The first-order valence-electron chi connectivity index (χ1n) is 11.6. The van der Waals surface area contributed by atoms with Crippen LogP contribution >= 0.6 is 0 Å². The van der Waals surface area contributed by atoms with Crippen LogP contribution in [0.25, 0.3) is 11.4 Å². The molecule has 0 saturated heterocycles. The van der Waals surface area contributed by atoms with Gasteiger partial charge in [-0.25, -0.2) is 14.2 Å². The van der Waals surface area contributed by atoms with Crippen molar-refractivity contribution >= 4 is 28.8 Å². The van der Waals surface area contributed by atoms with Gasteiger partial charge in [-0.2, -0.15) is 5.10 Å². The summed E-state index contributed by atoms with van der Waals surface area (Å²) in [7, 11) is 0. The predicted molar refractivity (Wildman–Crippen MR) is 136 cm³/mol. The maximum absolute atomic E-state index is 15.1. The number of carbonyl (C=O) groups excluding carboxylic acids is 1. The molecule has 39 heavy (non-hydrogen) atoms. The van der Waals surface area contributed by atoms with Crippen LogP contribution in [0.4, 0.5) is 45.1 Å². The van der Waals surface area contributed by atoms with E-state index < -0.39 is 29.4 Å². The van der Waals surface area contributed by atoms with E-state index in [9.17, 15) is 23.1 Å². The van der Waals surface area contributed by atoms with Gasteiger partial charge in [0.1, 0.15) is 23.6 Å². The lowest BCUT2D eigenvalue weighted by molar-refractivity contribution is -0.274. The summed E-state index contributed by atoms with van der Waals surface area (Å²) >= 11 is 0. The smallest absolute Gasteiger partial charge is 0.506 e. The predicted octanol–water partition coefficient (Wildman–Crippen LogP) is 6.29. The molecular weight excluding hydrogens is 520 g/mol. The zero-order chi connectivity index (χ0) is 27.9. The fourth-order valence-corrected chi connectivity index (χ4v) is 4.71. The molecule has 0 unspecified atom stereocenters. The Kier molecular flexibility index (Phi) is 6.29. The van der Waals surface area contributed by atoms with E-state index in [1.165, 1.54) is 18.5 Å². The Morgan fingerprint density at radius 2 is 1.85 bits per heavy atom. The number of fused-ring (bicyclic) bond motifs is 1. The number of aromatic nitrogens is 3. The number of amides is 2. The Bertz CT molecular complexity index is 1520. The molecule has 4 aromatic rings. The molecule has 9 nitrogen and oxygen atoms in total. The number of hydrogen-bond acceptors (Lipinski definition) is 6. The number of urea groups is 1. The molecule has 4 N–H and O–H groups in total. The molecule has 2 amide bonds. The van der Waals surface area contributed by atoms with Crippen LogP contribution in [-0.4, -0.2) is 39.2 Å². The number of nitrogens with one attached hydrogen (secondary N) is 3. The quantitative estimate of drug-likeness (QED) is 0.221. The maximum atomic E-state index is 15.1. The van der Waals surface area contributed by atoms with Crippen LogP contribution in [0, 0.1) is 5.82 Å². The van der Waals surface area contributed by atoms with E-state index in [1.807, 2.05) is 13.8 Å². The third kappa shape index (κ3) is 5.15. The van der Waals surface area contributed by atoms with Gasteiger partial charge in [0.25, 0.3) is 0 Å².